The van der Waals surface area contributed by atoms with E-state index in [2.05, 4.69) is 32.9 Å². The van der Waals surface area contributed by atoms with E-state index in [1.54, 1.807) is 0 Å². The Bertz CT molecular complexity index is 560. The minimum absolute atomic E-state index is 0.492. The Kier molecular flexibility index (Phi) is 1.96. The lowest BCUT2D eigenvalue weighted by atomic mass is 10.2. The molecule has 0 radical (unpaired) electrons. The van der Waals surface area contributed by atoms with Gasteiger partial charge in [-0.05, 0) is 25.8 Å². The Hall–Kier alpha value is -1.84. The Labute approximate surface area is 93.8 Å². The number of nitrogen functional groups attached to an aromatic ring is 1. The fourth-order valence-corrected chi connectivity index (χ4v) is 2.29. The van der Waals surface area contributed by atoms with E-state index < -0.39 is 0 Å². The molecule has 0 fully saturated rings. The monoisotopic (exact) mass is 214 g/mol. The number of allylic oxidation sites excluding steroid dienone is 2. The first kappa shape index (κ1) is 9.39. The molecule has 3 rings (SSSR count). The minimum Gasteiger partial charge on any atom is -0.383 e. The molecule has 16 heavy (non-hydrogen) atoms. The summed E-state index contributed by atoms with van der Waals surface area (Å²) in [6.45, 7) is 1.88. The number of anilines is 1. The lowest BCUT2D eigenvalue weighted by molar-refractivity contribution is 0.550. The van der Waals surface area contributed by atoms with Crippen LogP contribution in [0.3, 0.4) is 0 Å². The largest absolute Gasteiger partial charge is 0.383 e. The first-order valence-electron chi connectivity index (χ1n) is 5.51. The molecule has 4 heteroatoms. The standard InChI is InChI=1S/C12H14N4/c1-8-14-11(13)10-6-7-16(12(10)15-8)9-4-2-3-5-9/h2-3,6-7,9H,4-5H2,1H3,(H2,13,14,15). The van der Waals surface area contributed by atoms with E-state index >= 15 is 0 Å². The van der Waals surface area contributed by atoms with Crippen LogP contribution < -0.4 is 5.73 Å². The van der Waals surface area contributed by atoms with Crippen molar-refractivity contribution in [1.29, 1.82) is 0 Å². The van der Waals surface area contributed by atoms with Crippen molar-refractivity contribution in [1.82, 2.24) is 14.5 Å². The number of rotatable bonds is 1. The van der Waals surface area contributed by atoms with Gasteiger partial charge in [0.15, 0.2) is 0 Å². The van der Waals surface area contributed by atoms with Crippen LogP contribution in [0.2, 0.25) is 0 Å². The van der Waals surface area contributed by atoms with Gasteiger partial charge in [-0.2, -0.15) is 0 Å². The maximum atomic E-state index is 5.89. The summed E-state index contributed by atoms with van der Waals surface area (Å²) in [5, 5.41) is 0.956. The molecule has 2 N–H and O–H groups in total. The van der Waals surface area contributed by atoms with Gasteiger partial charge in [0.2, 0.25) is 0 Å². The van der Waals surface area contributed by atoms with Crippen LogP contribution in [-0.2, 0) is 0 Å². The van der Waals surface area contributed by atoms with Crippen LogP contribution in [0, 0.1) is 6.92 Å². The molecule has 82 valence electrons. The van der Waals surface area contributed by atoms with Crippen molar-refractivity contribution in [3.63, 3.8) is 0 Å². The van der Waals surface area contributed by atoms with Crippen molar-refractivity contribution in [2.45, 2.75) is 25.8 Å². The van der Waals surface area contributed by atoms with Crippen LogP contribution in [0.15, 0.2) is 24.4 Å². The third-order valence-electron chi connectivity index (χ3n) is 3.09. The Morgan fingerprint density at radius 1 is 1.31 bits per heavy atom. The zero-order valence-electron chi connectivity index (χ0n) is 9.22. The second-order valence-electron chi connectivity index (χ2n) is 4.21. The third-order valence-corrected chi connectivity index (χ3v) is 3.09. The SMILES string of the molecule is Cc1nc(N)c2ccn(C3CC=CC3)c2n1. The summed E-state index contributed by atoms with van der Waals surface area (Å²) in [4.78, 5) is 8.66. The van der Waals surface area contributed by atoms with E-state index in [4.69, 9.17) is 5.73 Å². The molecule has 0 saturated carbocycles. The number of aromatic nitrogens is 3. The van der Waals surface area contributed by atoms with Gasteiger partial charge < -0.3 is 10.3 Å². The van der Waals surface area contributed by atoms with E-state index in [-0.39, 0.29) is 0 Å². The summed E-state index contributed by atoms with van der Waals surface area (Å²) in [6.07, 6.45) is 8.65. The lowest BCUT2D eigenvalue weighted by Gasteiger charge is -2.12. The van der Waals surface area contributed by atoms with Gasteiger partial charge in [0.05, 0.1) is 5.39 Å². The number of hydrogen-bond donors (Lipinski definition) is 1. The van der Waals surface area contributed by atoms with Crippen LogP contribution in [0.4, 0.5) is 5.82 Å². The second-order valence-corrected chi connectivity index (χ2v) is 4.21. The van der Waals surface area contributed by atoms with Gasteiger partial charge in [0.25, 0.3) is 0 Å². The van der Waals surface area contributed by atoms with E-state index in [0.29, 0.717) is 11.9 Å². The second kappa shape index (κ2) is 3.33. The van der Waals surface area contributed by atoms with Crippen LogP contribution in [-0.4, -0.2) is 14.5 Å². The highest BCUT2D eigenvalue weighted by molar-refractivity contribution is 5.86. The summed E-state index contributed by atoms with van der Waals surface area (Å²) in [6, 6.07) is 2.49. The van der Waals surface area contributed by atoms with Crippen LogP contribution in [0.1, 0.15) is 24.7 Å². The molecule has 0 atom stereocenters. The first-order chi connectivity index (χ1) is 7.75. The van der Waals surface area contributed by atoms with Crippen molar-refractivity contribution < 1.29 is 0 Å². The number of nitrogens with zero attached hydrogens (tertiary/aromatic N) is 3. The topological polar surface area (TPSA) is 56.7 Å². The Morgan fingerprint density at radius 3 is 2.81 bits per heavy atom. The number of fused-ring (bicyclic) bond motifs is 1. The number of aryl methyl sites for hydroxylation is 1. The van der Waals surface area contributed by atoms with Gasteiger partial charge in [-0.15, -0.1) is 0 Å². The molecule has 1 aliphatic rings. The van der Waals surface area contributed by atoms with Crippen LogP contribution in [0.25, 0.3) is 11.0 Å². The van der Waals surface area contributed by atoms with E-state index in [1.807, 2.05) is 13.0 Å². The van der Waals surface area contributed by atoms with Gasteiger partial charge >= 0.3 is 0 Å². The quantitative estimate of drug-likeness (QED) is 0.740. The molecule has 0 unspecified atom stereocenters. The third kappa shape index (κ3) is 1.30. The summed E-state index contributed by atoms with van der Waals surface area (Å²) in [7, 11) is 0. The molecule has 2 aromatic heterocycles. The molecule has 1 aliphatic carbocycles. The van der Waals surface area contributed by atoms with Gasteiger partial charge in [-0.3, -0.25) is 0 Å². The molecular weight excluding hydrogens is 200 g/mol. The van der Waals surface area contributed by atoms with E-state index in [0.717, 1.165) is 29.7 Å². The van der Waals surface area contributed by atoms with E-state index in [9.17, 15) is 0 Å². The molecule has 0 bridgehead atoms. The predicted molar refractivity (Wildman–Crippen MR) is 64.1 cm³/mol. The Morgan fingerprint density at radius 2 is 2.06 bits per heavy atom. The highest BCUT2D eigenvalue weighted by atomic mass is 15.1. The molecule has 0 spiro atoms. The highest BCUT2D eigenvalue weighted by Gasteiger charge is 2.16. The summed E-state index contributed by atoms with van der Waals surface area (Å²) >= 11 is 0. The number of hydrogen-bond acceptors (Lipinski definition) is 3. The normalized spacial score (nSPS) is 16.3. The highest BCUT2D eigenvalue weighted by Crippen LogP contribution is 2.29. The number of nitrogens with two attached hydrogens (primary N) is 1. The zero-order chi connectivity index (χ0) is 11.1. The molecule has 0 amide bonds. The molecule has 0 aliphatic heterocycles. The molecule has 4 nitrogen and oxygen atoms in total. The van der Waals surface area contributed by atoms with Gasteiger partial charge in [0.1, 0.15) is 17.3 Å². The summed E-state index contributed by atoms with van der Waals surface area (Å²) in [5.41, 5.74) is 6.85. The van der Waals surface area contributed by atoms with Gasteiger partial charge in [-0.25, -0.2) is 9.97 Å². The maximum Gasteiger partial charge on any atom is 0.146 e. The fourth-order valence-electron chi connectivity index (χ4n) is 2.29. The average molecular weight is 214 g/mol. The molecule has 0 saturated heterocycles. The maximum absolute atomic E-state index is 5.89. The smallest absolute Gasteiger partial charge is 0.146 e. The van der Waals surface area contributed by atoms with E-state index in [1.165, 1.54) is 0 Å². The summed E-state index contributed by atoms with van der Waals surface area (Å²) in [5.74, 6) is 1.31. The zero-order valence-corrected chi connectivity index (χ0v) is 9.22. The first-order valence-corrected chi connectivity index (χ1v) is 5.51. The summed E-state index contributed by atoms with van der Waals surface area (Å²) < 4.78 is 2.21. The average Bonchev–Trinajstić information content (AvgIpc) is 2.83. The van der Waals surface area contributed by atoms with Gasteiger partial charge in [0, 0.05) is 12.2 Å². The van der Waals surface area contributed by atoms with Crippen molar-refractivity contribution >= 4 is 16.9 Å². The van der Waals surface area contributed by atoms with Crippen LogP contribution in [0.5, 0.6) is 0 Å². The minimum atomic E-state index is 0.492. The lowest BCUT2D eigenvalue weighted by Crippen LogP contribution is -2.06. The van der Waals surface area contributed by atoms with Crippen molar-refractivity contribution in [2.24, 2.45) is 0 Å². The fraction of sp³-hybridized carbons (Fsp3) is 0.333. The molecular formula is C12H14N4. The van der Waals surface area contributed by atoms with Crippen molar-refractivity contribution in [3.05, 3.63) is 30.2 Å². The van der Waals surface area contributed by atoms with Gasteiger partial charge in [-0.1, -0.05) is 12.2 Å². The Balaban J connectivity index is 2.18. The van der Waals surface area contributed by atoms with Crippen LogP contribution >= 0.6 is 0 Å². The predicted octanol–water partition coefficient (Wildman–Crippen LogP) is 2.21. The molecule has 0 aromatic carbocycles. The molecule has 2 heterocycles. The van der Waals surface area contributed by atoms with Crippen molar-refractivity contribution in [3.8, 4) is 0 Å². The molecule has 2 aromatic rings. The van der Waals surface area contributed by atoms with Crippen molar-refractivity contribution in [2.75, 3.05) is 5.73 Å².